The maximum absolute atomic E-state index is 5.60. The van der Waals surface area contributed by atoms with Crippen molar-refractivity contribution in [2.45, 2.75) is 47.7 Å². The fourth-order valence-corrected chi connectivity index (χ4v) is 2.78. The van der Waals surface area contributed by atoms with E-state index in [-0.39, 0.29) is 24.0 Å². The SMILES string of the molecule is CCNC(=NCc1ccc(-n2nc(C)cc2C)nc1)NCc1nc(C)c(C)o1.I. The molecule has 0 aliphatic heterocycles. The van der Waals surface area contributed by atoms with Crippen LogP contribution in [-0.4, -0.2) is 32.3 Å². The van der Waals surface area contributed by atoms with Crippen molar-refractivity contribution in [2.75, 3.05) is 6.54 Å². The van der Waals surface area contributed by atoms with Crippen molar-refractivity contribution in [1.29, 1.82) is 0 Å². The number of pyridine rings is 1. The van der Waals surface area contributed by atoms with Gasteiger partial charge in [0.15, 0.2) is 11.8 Å². The molecular formula is C20H28IN7O. The van der Waals surface area contributed by atoms with E-state index in [1.807, 2.05) is 63.7 Å². The second-order valence-electron chi connectivity index (χ2n) is 6.66. The van der Waals surface area contributed by atoms with Crippen LogP contribution in [0.1, 0.15) is 41.2 Å². The molecule has 0 atom stereocenters. The maximum Gasteiger partial charge on any atom is 0.214 e. The van der Waals surface area contributed by atoms with Gasteiger partial charge < -0.3 is 15.1 Å². The van der Waals surface area contributed by atoms with Crippen molar-refractivity contribution >= 4 is 29.9 Å². The summed E-state index contributed by atoms with van der Waals surface area (Å²) >= 11 is 0. The standard InChI is InChI=1S/C20H27N7O.HI/c1-6-21-20(24-12-19-25-15(4)16(5)28-19)23-11-17-7-8-18(22-10-17)27-14(3)9-13(2)26-27;/h7-10H,6,11-12H2,1-5H3,(H2,21,23,24);1H. The van der Waals surface area contributed by atoms with Gasteiger partial charge in [0.2, 0.25) is 5.89 Å². The van der Waals surface area contributed by atoms with Crippen LogP contribution < -0.4 is 10.6 Å². The number of hydrogen-bond donors (Lipinski definition) is 2. The van der Waals surface area contributed by atoms with Crippen molar-refractivity contribution in [1.82, 2.24) is 30.4 Å². The molecule has 0 aliphatic carbocycles. The van der Waals surface area contributed by atoms with Crippen LogP contribution in [0.4, 0.5) is 0 Å². The average Bonchev–Trinajstić information content (AvgIpc) is 3.18. The molecule has 0 radical (unpaired) electrons. The summed E-state index contributed by atoms with van der Waals surface area (Å²) in [6, 6.07) is 6.01. The monoisotopic (exact) mass is 509 g/mol. The van der Waals surface area contributed by atoms with Gasteiger partial charge in [-0.3, -0.25) is 0 Å². The van der Waals surface area contributed by atoms with Crippen LogP contribution in [-0.2, 0) is 13.1 Å². The Morgan fingerprint density at radius 1 is 1.17 bits per heavy atom. The molecule has 3 rings (SSSR count). The number of nitrogens with one attached hydrogen (secondary N) is 2. The number of oxazole rings is 1. The lowest BCUT2D eigenvalue weighted by molar-refractivity contribution is 0.463. The van der Waals surface area contributed by atoms with Crippen LogP contribution in [0.3, 0.4) is 0 Å². The molecule has 3 aromatic heterocycles. The van der Waals surface area contributed by atoms with Crippen molar-refractivity contribution in [3.8, 4) is 5.82 Å². The molecule has 0 fully saturated rings. The Kier molecular flexibility index (Phi) is 8.18. The van der Waals surface area contributed by atoms with Crippen LogP contribution in [0.15, 0.2) is 33.8 Å². The molecule has 3 heterocycles. The molecular weight excluding hydrogens is 481 g/mol. The number of halogens is 1. The van der Waals surface area contributed by atoms with Crippen LogP contribution in [0.25, 0.3) is 5.82 Å². The van der Waals surface area contributed by atoms with Gasteiger partial charge >= 0.3 is 0 Å². The lowest BCUT2D eigenvalue weighted by atomic mass is 10.3. The van der Waals surface area contributed by atoms with Crippen LogP contribution in [0.5, 0.6) is 0 Å². The Hall–Kier alpha value is -2.43. The van der Waals surface area contributed by atoms with E-state index in [4.69, 9.17) is 4.42 Å². The van der Waals surface area contributed by atoms with Gasteiger partial charge in [0, 0.05) is 18.4 Å². The van der Waals surface area contributed by atoms with E-state index < -0.39 is 0 Å². The van der Waals surface area contributed by atoms with Gasteiger partial charge in [-0.2, -0.15) is 5.10 Å². The molecule has 9 heteroatoms. The number of nitrogens with zero attached hydrogens (tertiary/aromatic N) is 5. The fraction of sp³-hybridized carbons (Fsp3) is 0.400. The van der Waals surface area contributed by atoms with E-state index in [9.17, 15) is 0 Å². The summed E-state index contributed by atoms with van der Waals surface area (Å²) < 4.78 is 7.44. The second-order valence-corrected chi connectivity index (χ2v) is 6.66. The number of aromatic nitrogens is 4. The summed E-state index contributed by atoms with van der Waals surface area (Å²) in [5.74, 6) is 3.00. The highest BCUT2D eigenvalue weighted by Crippen LogP contribution is 2.11. The van der Waals surface area contributed by atoms with Gasteiger partial charge in [0.1, 0.15) is 5.76 Å². The summed E-state index contributed by atoms with van der Waals surface area (Å²) in [5.41, 5.74) is 3.97. The van der Waals surface area contributed by atoms with E-state index in [1.165, 1.54) is 0 Å². The summed E-state index contributed by atoms with van der Waals surface area (Å²) in [6.45, 7) is 11.6. The van der Waals surface area contributed by atoms with Gasteiger partial charge in [-0.25, -0.2) is 19.6 Å². The number of aliphatic imine (C=N–C) groups is 1. The van der Waals surface area contributed by atoms with E-state index in [2.05, 4.69) is 30.7 Å². The second kappa shape index (κ2) is 10.4. The van der Waals surface area contributed by atoms with E-state index in [0.29, 0.717) is 24.9 Å². The Labute approximate surface area is 188 Å². The van der Waals surface area contributed by atoms with Gasteiger partial charge in [-0.05, 0) is 52.3 Å². The zero-order valence-corrected chi connectivity index (χ0v) is 19.8. The van der Waals surface area contributed by atoms with Crippen molar-refractivity contribution in [3.63, 3.8) is 0 Å². The normalized spacial score (nSPS) is 11.3. The Balaban J connectivity index is 0.00000300. The van der Waals surface area contributed by atoms with Gasteiger partial charge in [-0.15, -0.1) is 24.0 Å². The van der Waals surface area contributed by atoms with E-state index in [1.54, 1.807) is 0 Å². The molecule has 0 saturated carbocycles. The molecule has 156 valence electrons. The third-order valence-corrected chi connectivity index (χ3v) is 4.28. The first-order valence-electron chi connectivity index (χ1n) is 9.40. The first-order valence-corrected chi connectivity index (χ1v) is 9.40. The maximum atomic E-state index is 5.60. The Bertz CT molecular complexity index is 940. The van der Waals surface area contributed by atoms with Crippen molar-refractivity contribution < 1.29 is 4.42 Å². The van der Waals surface area contributed by atoms with Gasteiger partial charge in [-0.1, -0.05) is 6.07 Å². The molecule has 0 spiro atoms. The minimum Gasteiger partial charge on any atom is -0.444 e. The fourth-order valence-electron chi connectivity index (χ4n) is 2.78. The molecule has 0 aromatic carbocycles. The number of hydrogen-bond acceptors (Lipinski definition) is 5. The number of aryl methyl sites for hydroxylation is 4. The van der Waals surface area contributed by atoms with Crippen molar-refractivity contribution in [3.05, 3.63) is 58.7 Å². The molecule has 0 unspecified atom stereocenters. The number of guanidine groups is 1. The quantitative estimate of drug-likeness (QED) is 0.301. The molecule has 0 aliphatic rings. The first-order chi connectivity index (χ1) is 13.5. The summed E-state index contributed by atoms with van der Waals surface area (Å²) in [4.78, 5) is 13.5. The van der Waals surface area contributed by atoms with Gasteiger partial charge in [0.25, 0.3) is 0 Å². The molecule has 3 aromatic rings. The third kappa shape index (κ3) is 6.02. The zero-order chi connectivity index (χ0) is 20.1. The smallest absolute Gasteiger partial charge is 0.214 e. The Morgan fingerprint density at radius 2 is 1.97 bits per heavy atom. The lowest BCUT2D eigenvalue weighted by Crippen LogP contribution is -2.36. The summed E-state index contributed by atoms with van der Waals surface area (Å²) in [6.07, 6.45) is 1.83. The highest BCUT2D eigenvalue weighted by Gasteiger charge is 2.07. The van der Waals surface area contributed by atoms with Crippen molar-refractivity contribution in [2.24, 2.45) is 4.99 Å². The predicted octanol–water partition coefficient (Wildman–Crippen LogP) is 3.36. The average molecular weight is 509 g/mol. The lowest BCUT2D eigenvalue weighted by Gasteiger charge is -2.10. The minimum atomic E-state index is 0. The van der Waals surface area contributed by atoms with E-state index in [0.717, 1.165) is 40.8 Å². The Morgan fingerprint density at radius 3 is 2.52 bits per heavy atom. The molecule has 8 nitrogen and oxygen atoms in total. The predicted molar refractivity (Wildman–Crippen MR) is 124 cm³/mol. The van der Waals surface area contributed by atoms with Crippen LogP contribution in [0, 0.1) is 27.7 Å². The minimum absolute atomic E-state index is 0. The molecule has 2 N–H and O–H groups in total. The largest absolute Gasteiger partial charge is 0.444 e. The van der Waals surface area contributed by atoms with Gasteiger partial charge in [0.05, 0.1) is 24.5 Å². The molecule has 0 amide bonds. The zero-order valence-electron chi connectivity index (χ0n) is 17.5. The third-order valence-electron chi connectivity index (χ3n) is 4.28. The highest BCUT2D eigenvalue weighted by molar-refractivity contribution is 14.0. The molecule has 0 saturated heterocycles. The molecule has 0 bridgehead atoms. The van der Waals surface area contributed by atoms with E-state index >= 15 is 0 Å². The first kappa shape index (κ1) is 22.9. The summed E-state index contributed by atoms with van der Waals surface area (Å²) in [7, 11) is 0. The van der Waals surface area contributed by atoms with Crippen LogP contribution in [0.2, 0.25) is 0 Å². The molecule has 29 heavy (non-hydrogen) atoms. The van der Waals surface area contributed by atoms with Crippen LogP contribution >= 0.6 is 24.0 Å². The highest BCUT2D eigenvalue weighted by atomic mass is 127. The summed E-state index contributed by atoms with van der Waals surface area (Å²) in [5, 5.41) is 10.9. The topological polar surface area (TPSA) is 93.2 Å². The number of rotatable bonds is 6.